The van der Waals surface area contributed by atoms with Gasteiger partial charge in [0.05, 0.1) is 12.5 Å². The molecule has 0 atom stereocenters. The zero-order chi connectivity index (χ0) is 19.0. The van der Waals surface area contributed by atoms with Crippen LogP contribution in [-0.4, -0.2) is 18.2 Å². The maximum Gasteiger partial charge on any atom is 0.371 e. The number of ether oxygens (including phenoxy) is 2. The highest BCUT2D eigenvalue weighted by Crippen LogP contribution is 2.28. The fraction of sp³-hybridized carbons (Fsp3) is 0.100. The van der Waals surface area contributed by atoms with Gasteiger partial charge in [0.2, 0.25) is 5.76 Å². The molecule has 27 heavy (non-hydrogen) atoms. The highest BCUT2D eigenvalue weighted by molar-refractivity contribution is 6.04. The summed E-state index contributed by atoms with van der Waals surface area (Å²) in [6.07, 6.45) is 0. The molecule has 4 rings (SSSR count). The first-order chi connectivity index (χ1) is 13.0. The van der Waals surface area contributed by atoms with E-state index >= 15 is 0 Å². The van der Waals surface area contributed by atoms with Crippen molar-refractivity contribution >= 4 is 27.7 Å². The van der Waals surface area contributed by atoms with Crippen LogP contribution < -0.4 is 15.1 Å². The number of aromatic carboxylic acids is 1. The first-order valence-electron chi connectivity index (χ1n) is 8.04. The van der Waals surface area contributed by atoms with Crippen molar-refractivity contribution in [1.82, 2.24) is 0 Å². The Balaban J connectivity index is 1.66. The molecule has 7 heteroatoms. The lowest BCUT2D eigenvalue weighted by Crippen LogP contribution is -2.01. The Morgan fingerprint density at radius 1 is 0.963 bits per heavy atom. The van der Waals surface area contributed by atoms with Crippen LogP contribution in [-0.2, 0) is 6.61 Å². The molecule has 2 aromatic heterocycles. The van der Waals surface area contributed by atoms with Crippen LogP contribution in [0.2, 0.25) is 0 Å². The molecule has 0 bridgehead atoms. The molecule has 0 radical (unpaired) electrons. The summed E-state index contributed by atoms with van der Waals surface area (Å²) < 4.78 is 21.3. The minimum Gasteiger partial charge on any atom is -0.497 e. The third kappa shape index (κ3) is 3.10. The molecule has 0 fully saturated rings. The quantitative estimate of drug-likeness (QED) is 0.423. The predicted molar refractivity (Wildman–Crippen MR) is 96.5 cm³/mol. The van der Waals surface area contributed by atoms with Gasteiger partial charge in [-0.2, -0.15) is 0 Å². The van der Waals surface area contributed by atoms with E-state index in [0.717, 1.165) is 10.8 Å². The Bertz CT molecular complexity index is 1220. The van der Waals surface area contributed by atoms with Gasteiger partial charge < -0.3 is 23.4 Å². The molecule has 136 valence electrons. The molecule has 0 saturated heterocycles. The lowest BCUT2D eigenvalue weighted by Gasteiger charge is -2.08. The number of furan rings is 1. The number of fused-ring (bicyclic) bond motifs is 3. The number of carbonyl (C=O) groups is 1. The van der Waals surface area contributed by atoms with Crippen molar-refractivity contribution in [1.29, 1.82) is 0 Å². The first-order valence-corrected chi connectivity index (χ1v) is 8.04. The number of benzene rings is 2. The number of carboxylic acid groups (broad SMARTS) is 1. The monoisotopic (exact) mass is 366 g/mol. The third-order valence-electron chi connectivity index (χ3n) is 4.15. The second-order valence-electron chi connectivity index (χ2n) is 5.82. The van der Waals surface area contributed by atoms with Gasteiger partial charge in [-0.15, -0.1) is 0 Å². The topological polar surface area (TPSA) is 99.1 Å². The number of hydrogen-bond donors (Lipinski definition) is 1. The molecule has 0 amide bonds. The Hall–Kier alpha value is -3.74. The summed E-state index contributed by atoms with van der Waals surface area (Å²) in [5, 5.41) is 10.8. The fourth-order valence-electron chi connectivity index (χ4n) is 2.83. The molecular formula is C20H14O7. The van der Waals surface area contributed by atoms with Crippen molar-refractivity contribution in [3.05, 3.63) is 70.5 Å². The summed E-state index contributed by atoms with van der Waals surface area (Å²) in [4.78, 5) is 23.1. The smallest absolute Gasteiger partial charge is 0.371 e. The summed E-state index contributed by atoms with van der Waals surface area (Å²) in [6, 6.07) is 13.3. The van der Waals surface area contributed by atoms with E-state index in [-0.39, 0.29) is 12.4 Å². The van der Waals surface area contributed by atoms with Crippen LogP contribution in [0.4, 0.5) is 0 Å². The molecule has 7 nitrogen and oxygen atoms in total. The molecule has 4 aromatic rings. The maximum atomic E-state index is 12.3. The second-order valence-corrected chi connectivity index (χ2v) is 5.82. The van der Waals surface area contributed by atoms with Crippen LogP contribution in [0.5, 0.6) is 11.5 Å². The lowest BCUT2D eigenvalue weighted by molar-refractivity contribution is 0.0658. The van der Waals surface area contributed by atoms with Gasteiger partial charge >= 0.3 is 11.6 Å². The second kappa shape index (κ2) is 6.53. The van der Waals surface area contributed by atoms with Gasteiger partial charge in [-0.25, -0.2) is 9.59 Å². The number of rotatable bonds is 5. The Kier molecular flexibility index (Phi) is 4.04. The van der Waals surface area contributed by atoms with Crippen LogP contribution >= 0.6 is 0 Å². The summed E-state index contributed by atoms with van der Waals surface area (Å²) in [5.41, 5.74) is -0.0773. The van der Waals surface area contributed by atoms with E-state index in [4.69, 9.17) is 23.4 Å². The summed E-state index contributed by atoms with van der Waals surface area (Å²) in [5.74, 6) is 0.122. The molecule has 2 aromatic carbocycles. The number of carboxylic acids is 1. The van der Waals surface area contributed by atoms with Crippen LogP contribution in [0.25, 0.3) is 21.7 Å². The number of hydrogen-bond acceptors (Lipinski definition) is 6. The van der Waals surface area contributed by atoms with Crippen molar-refractivity contribution in [2.24, 2.45) is 0 Å². The highest BCUT2D eigenvalue weighted by Gasteiger charge is 2.11. The lowest BCUT2D eigenvalue weighted by atomic mass is 10.1. The summed E-state index contributed by atoms with van der Waals surface area (Å²) in [7, 11) is 1.53. The van der Waals surface area contributed by atoms with Crippen molar-refractivity contribution < 1.29 is 28.2 Å². The Labute approximate surface area is 152 Å². The third-order valence-corrected chi connectivity index (χ3v) is 4.15. The normalized spacial score (nSPS) is 11.0. The zero-order valence-electron chi connectivity index (χ0n) is 14.2. The van der Waals surface area contributed by atoms with Gasteiger partial charge in [-0.05, 0) is 42.5 Å². The van der Waals surface area contributed by atoms with Crippen LogP contribution in [0.15, 0.2) is 62.2 Å². The van der Waals surface area contributed by atoms with E-state index in [1.165, 1.54) is 19.2 Å². The average molecular weight is 366 g/mol. The SMILES string of the molecule is COc1ccc2c(c1)c(=O)oc1cc(OCc3ccc(C(=O)O)o3)ccc12. The van der Waals surface area contributed by atoms with Gasteiger partial charge in [0.1, 0.15) is 29.4 Å². The van der Waals surface area contributed by atoms with E-state index < -0.39 is 11.6 Å². The van der Waals surface area contributed by atoms with E-state index in [9.17, 15) is 9.59 Å². The van der Waals surface area contributed by atoms with E-state index in [1.54, 1.807) is 30.3 Å². The minimum absolute atomic E-state index is 0.0494. The largest absolute Gasteiger partial charge is 0.497 e. The fourth-order valence-corrected chi connectivity index (χ4v) is 2.83. The maximum absolute atomic E-state index is 12.3. The average Bonchev–Trinajstić information content (AvgIpc) is 3.15. The van der Waals surface area contributed by atoms with Crippen LogP contribution in [0.1, 0.15) is 16.3 Å². The Morgan fingerprint density at radius 2 is 1.74 bits per heavy atom. The Morgan fingerprint density at radius 3 is 2.48 bits per heavy atom. The first kappa shape index (κ1) is 16.7. The molecule has 0 aliphatic carbocycles. The van der Waals surface area contributed by atoms with Crippen molar-refractivity contribution in [2.45, 2.75) is 6.61 Å². The highest BCUT2D eigenvalue weighted by atomic mass is 16.5. The van der Waals surface area contributed by atoms with Gasteiger partial charge in [0.15, 0.2) is 0 Å². The van der Waals surface area contributed by atoms with E-state index in [1.807, 2.05) is 6.07 Å². The molecule has 1 N–H and O–H groups in total. The van der Waals surface area contributed by atoms with Gasteiger partial charge in [0, 0.05) is 16.8 Å². The van der Waals surface area contributed by atoms with Crippen molar-refractivity contribution in [3.63, 3.8) is 0 Å². The van der Waals surface area contributed by atoms with Crippen molar-refractivity contribution in [3.8, 4) is 11.5 Å². The zero-order valence-corrected chi connectivity index (χ0v) is 14.2. The molecule has 0 aliphatic heterocycles. The van der Waals surface area contributed by atoms with Crippen LogP contribution in [0.3, 0.4) is 0 Å². The summed E-state index contributed by atoms with van der Waals surface area (Å²) >= 11 is 0. The van der Waals surface area contributed by atoms with Gasteiger partial charge in [-0.3, -0.25) is 0 Å². The molecule has 0 unspecified atom stereocenters. The minimum atomic E-state index is -1.14. The van der Waals surface area contributed by atoms with E-state index in [0.29, 0.717) is 28.2 Å². The standard InChI is InChI=1S/C20H14O7/c1-24-11-2-5-14-15-6-3-12(9-18(15)27-20(23)16(14)8-11)25-10-13-4-7-17(26-13)19(21)22/h2-9H,10H2,1H3,(H,21,22). The van der Waals surface area contributed by atoms with Crippen molar-refractivity contribution in [2.75, 3.05) is 7.11 Å². The molecular weight excluding hydrogens is 352 g/mol. The van der Waals surface area contributed by atoms with Gasteiger partial charge in [0.25, 0.3) is 0 Å². The number of methoxy groups -OCH3 is 1. The molecule has 0 spiro atoms. The van der Waals surface area contributed by atoms with Gasteiger partial charge in [-0.1, -0.05) is 0 Å². The molecule has 0 aliphatic rings. The molecule has 0 saturated carbocycles. The van der Waals surface area contributed by atoms with Crippen LogP contribution in [0, 0.1) is 0 Å². The molecule has 2 heterocycles. The predicted octanol–water partition coefficient (Wildman–Crippen LogP) is 3.83. The summed E-state index contributed by atoms with van der Waals surface area (Å²) in [6.45, 7) is 0.0494. The van der Waals surface area contributed by atoms with E-state index in [2.05, 4.69) is 0 Å².